The molecule has 1 fully saturated rings. The zero-order chi connectivity index (χ0) is 21.8. The predicted molar refractivity (Wildman–Crippen MR) is 124 cm³/mol. The largest absolute Gasteiger partial charge is 0.497 e. The van der Waals surface area contributed by atoms with E-state index in [4.69, 9.17) is 4.74 Å². The van der Waals surface area contributed by atoms with Crippen LogP contribution in [0.3, 0.4) is 0 Å². The number of nitrogens with zero attached hydrogens (tertiary/aromatic N) is 1. The summed E-state index contributed by atoms with van der Waals surface area (Å²) in [6, 6.07) is 15.2. The number of H-pyrrole nitrogens is 1. The second kappa shape index (κ2) is 9.40. The lowest BCUT2D eigenvalue weighted by atomic mass is 10.0. The summed E-state index contributed by atoms with van der Waals surface area (Å²) in [7, 11) is 3.10. The summed E-state index contributed by atoms with van der Waals surface area (Å²) < 4.78 is 10.1. The molecule has 2 heterocycles. The molecule has 0 amide bonds. The van der Waals surface area contributed by atoms with Gasteiger partial charge in [0, 0.05) is 35.3 Å². The zero-order valence-corrected chi connectivity index (χ0v) is 18.5. The average Bonchev–Trinajstić information content (AvgIpc) is 3.39. The number of likely N-dealkylation sites (tertiary alicyclic amines) is 1. The van der Waals surface area contributed by atoms with E-state index in [9.17, 15) is 4.79 Å². The molecule has 0 unspecified atom stereocenters. The molecule has 1 aliphatic heterocycles. The second-order valence-corrected chi connectivity index (χ2v) is 8.11. The van der Waals surface area contributed by atoms with E-state index >= 15 is 0 Å². The molecule has 0 bridgehead atoms. The van der Waals surface area contributed by atoms with Gasteiger partial charge in [-0.3, -0.25) is 4.90 Å². The third kappa shape index (κ3) is 4.67. The van der Waals surface area contributed by atoms with Gasteiger partial charge in [-0.15, -0.1) is 0 Å². The smallest absolute Gasteiger partial charge is 0.330 e. The maximum atomic E-state index is 11.3. The number of hydrogen-bond acceptors (Lipinski definition) is 4. The molecule has 31 heavy (non-hydrogen) atoms. The third-order valence-electron chi connectivity index (χ3n) is 6.27. The van der Waals surface area contributed by atoms with Crippen molar-refractivity contribution in [2.45, 2.75) is 32.2 Å². The van der Waals surface area contributed by atoms with Gasteiger partial charge < -0.3 is 14.5 Å². The van der Waals surface area contributed by atoms with E-state index in [-0.39, 0.29) is 5.97 Å². The van der Waals surface area contributed by atoms with E-state index in [1.165, 1.54) is 53.8 Å². The number of nitrogens with one attached hydrogen (secondary N) is 1. The van der Waals surface area contributed by atoms with Crippen molar-refractivity contribution >= 4 is 22.9 Å². The van der Waals surface area contributed by atoms with E-state index in [0.717, 1.165) is 30.8 Å². The number of hydrogen-bond donors (Lipinski definition) is 1. The van der Waals surface area contributed by atoms with E-state index < -0.39 is 0 Å². The third-order valence-corrected chi connectivity index (χ3v) is 6.27. The van der Waals surface area contributed by atoms with Gasteiger partial charge in [0.1, 0.15) is 5.75 Å². The molecule has 1 aliphatic rings. The van der Waals surface area contributed by atoms with E-state index in [2.05, 4.69) is 57.9 Å². The van der Waals surface area contributed by atoms with Crippen LogP contribution >= 0.6 is 0 Å². The fourth-order valence-electron chi connectivity index (χ4n) is 4.60. The Hall–Kier alpha value is -3.05. The van der Waals surface area contributed by atoms with Crippen molar-refractivity contribution in [1.82, 2.24) is 9.88 Å². The second-order valence-electron chi connectivity index (χ2n) is 8.11. The fourth-order valence-corrected chi connectivity index (χ4v) is 4.60. The minimum Gasteiger partial charge on any atom is -0.497 e. The van der Waals surface area contributed by atoms with Crippen LogP contribution in [0.2, 0.25) is 0 Å². The van der Waals surface area contributed by atoms with Gasteiger partial charge in [0.25, 0.3) is 0 Å². The Balaban J connectivity index is 1.46. The lowest BCUT2D eigenvalue weighted by molar-refractivity contribution is -0.134. The van der Waals surface area contributed by atoms with Gasteiger partial charge in [-0.05, 0) is 73.7 Å². The van der Waals surface area contributed by atoms with Crippen LogP contribution in [-0.2, 0) is 16.0 Å². The van der Waals surface area contributed by atoms with Crippen LogP contribution in [0.25, 0.3) is 17.0 Å². The molecule has 0 spiro atoms. The van der Waals surface area contributed by atoms with Crippen molar-refractivity contribution < 1.29 is 14.3 Å². The SMILES string of the molecule is COC(=O)C=Cc1ccc([C@@H]2CCCN2CCc2c(C)[nH]c3ccc(OC)cc23)cc1. The standard InChI is InChI=1S/C26H30N2O3/c1-18-22(23-17-21(30-2)11-12-24(23)27-18)14-16-28-15-4-5-25(28)20-9-6-19(7-10-20)8-13-26(29)31-3/h6-13,17,25,27H,4-5,14-16H2,1-3H3/t25-/m0/s1. The molecule has 0 aliphatic carbocycles. The quantitative estimate of drug-likeness (QED) is 0.431. The minimum atomic E-state index is -0.337. The highest BCUT2D eigenvalue weighted by molar-refractivity contribution is 5.87. The number of rotatable bonds is 7. The molecule has 0 saturated carbocycles. The molecule has 162 valence electrons. The summed E-state index contributed by atoms with van der Waals surface area (Å²) in [4.78, 5) is 17.4. The molecular weight excluding hydrogens is 388 g/mol. The van der Waals surface area contributed by atoms with Crippen LogP contribution in [0, 0.1) is 6.92 Å². The Bertz CT molecular complexity index is 1080. The molecule has 1 N–H and O–H groups in total. The molecule has 4 rings (SSSR count). The molecule has 3 aromatic rings. The number of carbonyl (C=O) groups is 1. The fraction of sp³-hybridized carbons (Fsp3) is 0.346. The molecule has 2 aromatic carbocycles. The van der Waals surface area contributed by atoms with Crippen LogP contribution in [0.1, 0.15) is 41.3 Å². The summed E-state index contributed by atoms with van der Waals surface area (Å²) in [5, 5.41) is 1.26. The number of esters is 1. The number of methoxy groups -OCH3 is 2. The van der Waals surface area contributed by atoms with Crippen LogP contribution in [0.5, 0.6) is 5.75 Å². The summed E-state index contributed by atoms with van der Waals surface area (Å²) in [6.07, 6.45) is 6.65. The average molecular weight is 419 g/mol. The molecule has 5 nitrogen and oxygen atoms in total. The molecule has 1 aromatic heterocycles. The summed E-state index contributed by atoms with van der Waals surface area (Å²) in [5.74, 6) is 0.560. The van der Waals surface area contributed by atoms with Gasteiger partial charge in [-0.25, -0.2) is 4.79 Å². The Kier molecular flexibility index (Phi) is 6.42. The first kappa shape index (κ1) is 21.2. The Morgan fingerprint density at radius 1 is 1.19 bits per heavy atom. The van der Waals surface area contributed by atoms with Crippen molar-refractivity contribution in [1.29, 1.82) is 0 Å². The van der Waals surface area contributed by atoms with Crippen molar-refractivity contribution in [3.05, 3.63) is 70.9 Å². The molecular formula is C26H30N2O3. The van der Waals surface area contributed by atoms with Crippen molar-refractivity contribution in [3.8, 4) is 5.75 Å². The van der Waals surface area contributed by atoms with Crippen LogP contribution in [0.15, 0.2) is 48.5 Å². The van der Waals surface area contributed by atoms with E-state index in [0.29, 0.717) is 6.04 Å². The van der Waals surface area contributed by atoms with Gasteiger partial charge >= 0.3 is 5.97 Å². The Labute approximate surface area is 183 Å². The van der Waals surface area contributed by atoms with Crippen molar-refractivity contribution in [2.75, 3.05) is 27.3 Å². The highest BCUT2D eigenvalue weighted by Crippen LogP contribution is 2.33. The monoisotopic (exact) mass is 418 g/mol. The summed E-state index contributed by atoms with van der Waals surface area (Å²) in [6.45, 7) is 4.31. The van der Waals surface area contributed by atoms with Crippen molar-refractivity contribution in [2.24, 2.45) is 0 Å². The molecule has 1 atom stereocenters. The van der Waals surface area contributed by atoms with Crippen LogP contribution < -0.4 is 4.74 Å². The number of fused-ring (bicyclic) bond motifs is 1. The first-order valence-electron chi connectivity index (χ1n) is 10.8. The lowest BCUT2D eigenvalue weighted by Gasteiger charge is -2.25. The Morgan fingerprint density at radius 2 is 2.00 bits per heavy atom. The number of carbonyl (C=O) groups excluding carboxylic acids is 1. The minimum absolute atomic E-state index is 0.337. The van der Waals surface area contributed by atoms with Crippen molar-refractivity contribution in [3.63, 3.8) is 0 Å². The highest BCUT2D eigenvalue weighted by Gasteiger charge is 2.26. The van der Waals surface area contributed by atoms with Gasteiger partial charge in [-0.2, -0.15) is 0 Å². The van der Waals surface area contributed by atoms with Gasteiger partial charge in [0.05, 0.1) is 14.2 Å². The molecule has 0 radical (unpaired) electrons. The number of benzene rings is 2. The first-order valence-corrected chi connectivity index (χ1v) is 10.8. The summed E-state index contributed by atoms with van der Waals surface area (Å²) >= 11 is 0. The normalized spacial score (nSPS) is 16.9. The van der Waals surface area contributed by atoms with E-state index in [1.807, 2.05) is 6.07 Å². The maximum absolute atomic E-state index is 11.3. The highest BCUT2D eigenvalue weighted by atomic mass is 16.5. The topological polar surface area (TPSA) is 54.6 Å². The van der Waals surface area contributed by atoms with Crippen LogP contribution in [0.4, 0.5) is 0 Å². The first-order chi connectivity index (χ1) is 15.1. The van der Waals surface area contributed by atoms with Gasteiger partial charge in [0.2, 0.25) is 0 Å². The van der Waals surface area contributed by atoms with Gasteiger partial charge in [-0.1, -0.05) is 24.3 Å². The summed E-state index contributed by atoms with van der Waals surface area (Å²) in [5.41, 5.74) is 6.12. The molecule has 5 heteroatoms. The van der Waals surface area contributed by atoms with Gasteiger partial charge in [0.15, 0.2) is 0 Å². The zero-order valence-electron chi connectivity index (χ0n) is 18.5. The lowest BCUT2D eigenvalue weighted by Crippen LogP contribution is -2.25. The number of aromatic nitrogens is 1. The Morgan fingerprint density at radius 3 is 2.74 bits per heavy atom. The molecule has 1 saturated heterocycles. The number of aromatic amines is 1. The number of ether oxygens (including phenoxy) is 2. The van der Waals surface area contributed by atoms with Crippen LogP contribution in [-0.4, -0.2) is 43.2 Å². The predicted octanol–water partition coefficient (Wildman–Crippen LogP) is 5.05. The maximum Gasteiger partial charge on any atom is 0.330 e. The number of aryl methyl sites for hydroxylation is 1. The van der Waals surface area contributed by atoms with E-state index in [1.54, 1.807) is 13.2 Å².